The monoisotopic (exact) mass is 188 g/mol. The number of hydrogen-bond acceptors (Lipinski definition) is 2. The van der Waals surface area contributed by atoms with Gasteiger partial charge in [0, 0.05) is 25.0 Å². The summed E-state index contributed by atoms with van der Waals surface area (Å²) in [5.41, 5.74) is 1.35. The highest BCUT2D eigenvalue weighted by Crippen LogP contribution is 2.51. The predicted molar refractivity (Wildman–Crippen MR) is 55.7 cm³/mol. The van der Waals surface area contributed by atoms with Crippen LogP contribution < -0.4 is 5.32 Å². The molecule has 74 valence electrons. The standard InChI is InChI=1S/C12H16N2/c1-3-13-4-2-9(1)8-14-12-6-10-5-11(10)7-12/h1-4,10-12,14H,5-8H2. The van der Waals surface area contributed by atoms with Crippen LogP contribution in [0.5, 0.6) is 0 Å². The van der Waals surface area contributed by atoms with Gasteiger partial charge in [0.25, 0.3) is 0 Å². The van der Waals surface area contributed by atoms with Gasteiger partial charge >= 0.3 is 0 Å². The molecule has 2 unspecified atom stereocenters. The molecule has 2 heteroatoms. The van der Waals surface area contributed by atoms with Crippen LogP contribution in [-0.4, -0.2) is 11.0 Å². The molecule has 2 atom stereocenters. The second-order valence-electron chi connectivity index (χ2n) is 4.66. The molecule has 0 spiro atoms. The Morgan fingerprint density at radius 1 is 1.14 bits per heavy atom. The number of fused-ring (bicyclic) bond motifs is 1. The average Bonchev–Trinajstić information content (AvgIpc) is 2.85. The van der Waals surface area contributed by atoms with Crippen molar-refractivity contribution in [3.63, 3.8) is 0 Å². The second-order valence-corrected chi connectivity index (χ2v) is 4.66. The Balaban J connectivity index is 1.50. The van der Waals surface area contributed by atoms with E-state index in [1.165, 1.54) is 24.8 Å². The molecule has 14 heavy (non-hydrogen) atoms. The zero-order chi connectivity index (χ0) is 9.38. The zero-order valence-corrected chi connectivity index (χ0v) is 8.32. The van der Waals surface area contributed by atoms with Gasteiger partial charge in [0.05, 0.1) is 0 Å². The van der Waals surface area contributed by atoms with Crippen LogP contribution in [0.2, 0.25) is 0 Å². The van der Waals surface area contributed by atoms with Crippen LogP contribution in [0.3, 0.4) is 0 Å². The number of pyridine rings is 1. The predicted octanol–water partition coefficient (Wildman–Crippen LogP) is 1.97. The van der Waals surface area contributed by atoms with Crippen molar-refractivity contribution in [3.8, 4) is 0 Å². The molecule has 2 fully saturated rings. The maximum absolute atomic E-state index is 4.02. The molecular formula is C12H16N2. The summed E-state index contributed by atoms with van der Waals surface area (Å²) >= 11 is 0. The second kappa shape index (κ2) is 3.35. The van der Waals surface area contributed by atoms with Gasteiger partial charge in [0.1, 0.15) is 0 Å². The summed E-state index contributed by atoms with van der Waals surface area (Å²) in [6.07, 6.45) is 8.06. The van der Waals surface area contributed by atoms with Gasteiger partial charge in [-0.25, -0.2) is 0 Å². The summed E-state index contributed by atoms with van der Waals surface area (Å²) in [7, 11) is 0. The fourth-order valence-electron chi connectivity index (χ4n) is 2.64. The minimum absolute atomic E-state index is 0.784. The van der Waals surface area contributed by atoms with Gasteiger partial charge < -0.3 is 5.32 Å². The topological polar surface area (TPSA) is 24.9 Å². The molecule has 0 aliphatic heterocycles. The fraction of sp³-hybridized carbons (Fsp3) is 0.583. The smallest absolute Gasteiger partial charge is 0.0271 e. The molecule has 2 aliphatic rings. The Morgan fingerprint density at radius 3 is 2.57 bits per heavy atom. The van der Waals surface area contributed by atoms with Gasteiger partial charge in [0.2, 0.25) is 0 Å². The van der Waals surface area contributed by atoms with E-state index in [2.05, 4.69) is 22.4 Å². The van der Waals surface area contributed by atoms with E-state index in [1.54, 1.807) is 0 Å². The molecule has 2 nitrogen and oxygen atoms in total. The summed E-state index contributed by atoms with van der Waals surface area (Å²) in [5, 5.41) is 3.63. The van der Waals surface area contributed by atoms with E-state index in [0.29, 0.717) is 0 Å². The summed E-state index contributed by atoms with van der Waals surface area (Å²) in [6.45, 7) is 1.01. The lowest BCUT2D eigenvalue weighted by Crippen LogP contribution is -2.26. The molecule has 2 saturated carbocycles. The van der Waals surface area contributed by atoms with Crippen LogP contribution in [0.4, 0.5) is 0 Å². The Kier molecular flexibility index (Phi) is 2.02. The van der Waals surface area contributed by atoms with Crippen molar-refractivity contribution >= 4 is 0 Å². The molecule has 0 aromatic carbocycles. The van der Waals surface area contributed by atoms with Crippen molar-refractivity contribution in [2.75, 3.05) is 0 Å². The molecular weight excluding hydrogens is 172 g/mol. The van der Waals surface area contributed by atoms with Crippen LogP contribution in [0.15, 0.2) is 24.5 Å². The fourth-order valence-corrected chi connectivity index (χ4v) is 2.64. The van der Waals surface area contributed by atoms with E-state index in [9.17, 15) is 0 Å². The number of nitrogens with one attached hydrogen (secondary N) is 1. The first-order valence-electron chi connectivity index (χ1n) is 5.54. The van der Waals surface area contributed by atoms with E-state index < -0.39 is 0 Å². The Labute approximate surface area is 84.7 Å². The lowest BCUT2D eigenvalue weighted by atomic mass is 10.1. The van der Waals surface area contributed by atoms with Gasteiger partial charge in [0.15, 0.2) is 0 Å². The first-order valence-corrected chi connectivity index (χ1v) is 5.54. The minimum atomic E-state index is 0.784. The molecule has 1 heterocycles. The molecule has 0 bridgehead atoms. The lowest BCUT2D eigenvalue weighted by molar-refractivity contribution is 0.480. The van der Waals surface area contributed by atoms with Gasteiger partial charge in [-0.1, -0.05) is 0 Å². The van der Waals surface area contributed by atoms with Crippen molar-refractivity contribution in [1.29, 1.82) is 0 Å². The number of aromatic nitrogens is 1. The van der Waals surface area contributed by atoms with Gasteiger partial charge in [-0.15, -0.1) is 0 Å². The molecule has 0 saturated heterocycles. The van der Waals surface area contributed by atoms with Crippen molar-refractivity contribution in [2.45, 2.75) is 31.8 Å². The molecule has 2 aliphatic carbocycles. The van der Waals surface area contributed by atoms with Crippen molar-refractivity contribution in [1.82, 2.24) is 10.3 Å². The van der Waals surface area contributed by atoms with Gasteiger partial charge in [-0.3, -0.25) is 4.98 Å². The highest BCUT2D eigenvalue weighted by atomic mass is 14.9. The molecule has 0 radical (unpaired) electrons. The van der Waals surface area contributed by atoms with Crippen molar-refractivity contribution < 1.29 is 0 Å². The first kappa shape index (κ1) is 8.42. The Hall–Kier alpha value is -0.890. The van der Waals surface area contributed by atoms with E-state index in [4.69, 9.17) is 0 Å². The Bertz CT molecular complexity index is 299. The molecule has 1 aromatic heterocycles. The summed E-state index contributed by atoms with van der Waals surface area (Å²) in [6, 6.07) is 4.96. The minimum Gasteiger partial charge on any atom is -0.310 e. The summed E-state index contributed by atoms with van der Waals surface area (Å²) < 4.78 is 0. The maximum Gasteiger partial charge on any atom is 0.0271 e. The third-order valence-corrected chi connectivity index (χ3v) is 3.59. The van der Waals surface area contributed by atoms with Crippen LogP contribution in [0.25, 0.3) is 0 Å². The zero-order valence-electron chi connectivity index (χ0n) is 8.32. The van der Waals surface area contributed by atoms with Crippen molar-refractivity contribution in [2.24, 2.45) is 11.8 Å². The Morgan fingerprint density at radius 2 is 1.86 bits per heavy atom. The third-order valence-electron chi connectivity index (χ3n) is 3.59. The number of hydrogen-bond donors (Lipinski definition) is 1. The van der Waals surface area contributed by atoms with Crippen LogP contribution in [0, 0.1) is 11.8 Å². The normalized spacial score (nSPS) is 34.1. The third kappa shape index (κ3) is 1.67. The van der Waals surface area contributed by atoms with Crippen LogP contribution in [0.1, 0.15) is 24.8 Å². The largest absolute Gasteiger partial charge is 0.310 e. The SMILES string of the molecule is c1cc(CNC2CC3CC3C2)ccn1. The summed E-state index contributed by atoms with van der Waals surface area (Å²) in [5.74, 6) is 2.15. The highest BCUT2D eigenvalue weighted by Gasteiger charge is 2.45. The van der Waals surface area contributed by atoms with Gasteiger partial charge in [-0.05, 0) is 48.8 Å². The quantitative estimate of drug-likeness (QED) is 0.784. The summed E-state index contributed by atoms with van der Waals surface area (Å²) in [4.78, 5) is 4.02. The van der Waals surface area contributed by atoms with E-state index >= 15 is 0 Å². The van der Waals surface area contributed by atoms with E-state index in [0.717, 1.165) is 24.4 Å². The van der Waals surface area contributed by atoms with Crippen LogP contribution in [-0.2, 0) is 6.54 Å². The van der Waals surface area contributed by atoms with Crippen LogP contribution >= 0.6 is 0 Å². The van der Waals surface area contributed by atoms with E-state index in [1.807, 2.05) is 12.4 Å². The number of nitrogens with zero attached hydrogens (tertiary/aromatic N) is 1. The molecule has 0 amide bonds. The van der Waals surface area contributed by atoms with Gasteiger partial charge in [-0.2, -0.15) is 0 Å². The van der Waals surface area contributed by atoms with E-state index in [-0.39, 0.29) is 0 Å². The lowest BCUT2D eigenvalue weighted by Gasteiger charge is -2.13. The number of rotatable bonds is 3. The molecule has 1 aromatic rings. The maximum atomic E-state index is 4.02. The first-order chi connectivity index (χ1) is 6.92. The average molecular weight is 188 g/mol. The van der Waals surface area contributed by atoms with Crippen molar-refractivity contribution in [3.05, 3.63) is 30.1 Å². The molecule has 3 rings (SSSR count). The molecule has 1 N–H and O–H groups in total. The highest BCUT2D eigenvalue weighted by molar-refractivity contribution is 5.10.